The van der Waals surface area contributed by atoms with Gasteiger partial charge in [0, 0.05) is 19.8 Å². The number of aliphatic hydroxyl groups excluding tert-OH is 1. The highest BCUT2D eigenvalue weighted by atomic mass is 16.4. The standard InChI is InChI=1S/C10H17N3O3/c1-3-8-9(6-13(2)12-8)11-5-7(14)4-10(15)16/h6-7,11,14H,3-5H2,1-2H3,(H,15,16). The normalized spacial score (nSPS) is 12.4. The van der Waals surface area contributed by atoms with Crippen LogP contribution < -0.4 is 5.32 Å². The minimum absolute atomic E-state index is 0.213. The summed E-state index contributed by atoms with van der Waals surface area (Å²) in [5, 5.41) is 25.1. The Morgan fingerprint density at radius 1 is 1.69 bits per heavy atom. The van der Waals surface area contributed by atoms with Gasteiger partial charge in [-0.15, -0.1) is 0 Å². The lowest BCUT2D eigenvalue weighted by Gasteiger charge is -2.09. The third-order valence-electron chi connectivity index (χ3n) is 2.18. The van der Waals surface area contributed by atoms with Crippen LogP contribution in [-0.4, -0.2) is 38.6 Å². The summed E-state index contributed by atoms with van der Waals surface area (Å²) in [5.41, 5.74) is 1.75. The molecule has 0 fully saturated rings. The SMILES string of the molecule is CCc1nn(C)cc1NCC(O)CC(=O)O. The van der Waals surface area contributed by atoms with E-state index < -0.39 is 12.1 Å². The highest BCUT2D eigenvalue weighted by molar-refractivity contribution is 5.67. The third kappa shape index (κ3) is 3.54. The number of nitrogens with zero attached hydrogens (tertiary/aromatic N) is 2. The molecule has 0 radical (unpaired) electrons. The van der Waals surface area contributed by atoms with Crippen LogP contribution >= 0.6 is 0 Å². The number of nitrogens with one attached hydrogen (secondary N) is 1. The average Bonchev–Trinajstić information content (AvgIpc) is 2.55. The quantitative estimate of drug-likeness (QED) is 0.647. The Labute approximate surface area is 93.9 Å². The predicted octanol–water partition coefficient (Wildman–Crippen LogP) is 0.230. The smallest absolute Gasteiger partial charge is 0.306 e. The van der Waals surface area contributed by atoms with E-state index in [9.17, 15) is 9.90 Å². The molecule has 1 rings (SSSR count). The number of hydrogen-bond acceptors (Lipinski definition) is 4. The Morgan fingerprint density at radius 2 is 2.38 bits per heavy atom. The van der Waals surface area contributed by atoms with Crippen molar-refractivity contribution in [2.45, 2.75) is 25.9 Å². The zero-order valence-corrected chi connectivity index (χ0v) is 9.47. The number of rotatable bonds is 6. The van der Waals surface area contributed by atoms with Crippen molar-refractivity contribution < 1.29 is 15.0 Å². The molecule has 6 heteroatoms. The molecular formula is C10H17N3O3. The van der Waals surface area contributed by atoms with E-state index in [0.717, 1.165) is 17.8 Å². The molecule has 0 aliphatic rings. The number of carbonyl (C=O) groups is 1. The van der Waals surface area contributed by atoms with Gasteiger partial charge in [-0.1, -0.05) is 6.92 Å². The largest absolute Gasteiger partial charge is 0.481 e. The molecule has 0 saturated heterocycles. The van der Waals surface area contributed by atoms with Gasteiger partial charge in [-0.05, 0) is 6.42 Å². The molecule has 0 spiro atoms. The van der Waals surface area contributed by atoms with Crippen molar-refractivity contribution in [3.05, 3.63) is 11.9 Å². The number of carboxylic acid groups (broad SMARTS) is 1. The number of aliphatic hydroxyl groups is 1. The highest BCUT2D eigenvalue weighted by Gasteiger charge is 2.11. The maximum Gasteiger partial charge on any atom is 0.306 e. The van der Waals surface area contributed by atoms with Crippen molar-refractivity contribution in [2.24, 2.45) is 7.05 Å². The van der Waals surface area contributed by atoms with E-state index in [2.05, 4.69) is 10.4 Å². The highest BCUT2D eigenvalue weighted by Crippen LogP contribution is 2.13. The first kappa shape index (κ1) is 12.5. The molecule has 1 aromatic heterocycles. The van der Waals surface area contributed by atoms with E-state index >= 15 is 0 Å². The maximum atomic E-state index is 10.3. The minimum Gasteiger partial charge on any atom is -0.481 e. The first-order chi connectivity index (χ1) is 7.52. The first-order valence-electron chi connectivity index (χ1n) is 5.19. The van der Waals surface area contributed by atoms with Crippen molar-refractivity contribution >= 4 is 11.7 Å². The summed E-state index contributed by atoms with van der Waals surface area (Å²) in [7, 11) is 1.82. The maximum absolute atomic E-state index is 10.3. The van der Waals surface area contributed by atoms with Gasteiger partial charge in [0.25, 0.3) is 0 Å². The number of aromatic nitrogens is 2. The summed E-state index contributed by atoms with van der Waals surface area (Å²) in [6, 6.07) is 0. The van der Waals surface area contributed by atoms with Gasteiger partial charge in [0.1, 0.15) is 0 Å². The summed E-state index contributed by atoms with van der Waals surface area (Å²) in [4.78, 5) is 10.3. The Bertz CT molecular complexity index is 362. The van der Waals surface area contributed by atoms with Gasteiger partial charge >= 0.3 is 5.97 Å². The van der Waals surface area contributed by atoms with Gasteiger partial charge < -0.3 is 15.5 Å². The summed E-state index contributed by atoms with van der Waals surface area (Å²) in [6.07, 6.45) is 1.46. The Hall–Kier alpha value is -1.56. The van der Waals surface area contributed by atoms with Gasteiger partial charge in [-0.25, -0.2) is 0 Å². The fourth-order valence-corrected chi connectivity index (χ4v) is 1.44. The van der Waals surface area contributed by atoms with E-state index in [1.54, 1.807) is 4.68 Å². The molecule has 0 aliphatic heterocycles. The molecule has 0 aliphatic carbocycles. The number of carboxylic acids is 1. The molecule has 0 aromatic carbocycles. The van der Waals surface area contributed by atoms with Crippen LogP contribution in [-0.2, 0) is 18.3 Å². The molecule has 1 atom stereocenters. The van der Waals surface area contributed by atoms with Crippen LogP contribution in [0.25, 0.3) is 0 Å². The zero-order valence-electron chi connectivity index (χ0n) is 9.47. The number of aliphatic carboxylic acids is 1. The predicted molar refractivity (Wildman–Crippen MR) is 59.3 cm³/mol. The molecule has 90 valence electrons. The number of aryl methyl sites for hydroxylation is 2. The monoisotopic (exact) mass is 227 g/mol. The summed E-state index contributed by atoms with van der Waals surface area (Å²) >= 11 is 0. The lowest BCUT2D eigenvalue weighted by atomic mass is 10.2. The van der Waals surface area contributed by atoms with Crippen LogP contribution in [0.15, 0.2) is 6.20 Å². The van der Waals surface area contributed by atoms with E-state index in [-0.39, 0.29) is 13.0 Å². The topological polar surface area (TPSA) is 87.4 Å². The van der Waals surface area contributed by atoms with Crippen LogP contribution in [0.1, 0.15) is 19.0 Å². The molecule has 6 nitrogen and oxygen atoms in total. The molecule has 0 bridgehead atoms. The van der Waals surface area contributed by atoms with Crippen LogP contribution in [0, 0.1) is 0 Å². The molecule has 16 heavy (non-hydrogen) atoms. The summed E-state index contributed by atoms with van der Waals surface area (Å²) in [6.45, 7) is 2.20. The van der Waals surface area contributed by atoms with Crippen LogP contribution in [0.3, 0.4) is 0 Å². The van der Waals surface area contributed by atoms with E-state index in [4.69, 9.17) is 5.11 Å². The summed E-state index contributed by atoms with van der Waals surface area (Å²) in [5.74, 6) is -1.00. The van der Waals surface area contributed by atoms with Gasteiger partial charge in [0.2, 0.25) is 0 Å². The van der Waals surface area contributed by atoms with Gasteiger partial charge in [0.15, 0.2) is 0 Å². The van der Waals surface area contributed by atoms with Crippen molar-refractivity contribution in [2.75, 3.05) is 11.9 Å². The van der Waals surface area contributed by atoms with Gasteiger partial charge in [-0.2, -0.15) is 5.10 Å². The van der Waals surface area contributed by atoms with Crippen molar-refractivity contribution in [3.8, 4) is 0 Å². The van der Waals surface area contributed by atoms with Crippen molar-refractivity contribution in [3.63, 3.8) is 0 Å². The second kappa shape index (κ2) is 5.50. The Morgan fingerprint density at radius 3 is 2.94 bits per heavy atom. The lowest BCUT2D eigenvalue weighted by molar-refractivity contribution is -0.138. The number of hydrogen-bond donors (Lipinski definition) is 3. The molecule has 0 amide bonds. The molecule has 1 aromatic rings. The van der Waals surface area contributed by atoms with Crippen molar-refractivity contribution in [1.82, 2.24) is 9.78 Å². The van der Waals surface area contributed by atoms with E-state index in [1.165, 1.54) is 0 Å². The average molecular weight is 227 g/mol. The fraction of sp³-hybridized carbons (Fsp3) is 0.600. The van der Waals surface area contributed by atoms with Gasteiger partial charge in [-0.3, -0.25) is 9.48 Å². The lowest BCUT2D eigenvalue weighted by Crippen LogP contribution is -2.22. The Balaban J connectivity index is 2.50. The third-order valence-corrected chi connectivity index (χ3v) is 2.18. The molecule has 3 N–H and O–H groups in total. The second-order valence-electron chi connectivity index (χ2n) is 3.65. The van der Waals surface area contributed by atoms with Crippen LogP contribution in [0.5, 0.6) is 0 Å². The fourth-order valence-electron chi connectivity index (χ4n) is 1.44. The van der Waals surface area contributed by atoms with Crippen LogP contribution in [0.2, 0.25) is 0 Å². The summed E-state index contributed by atoms with van der Waals surface area (Å²) < 4.78 is 1.69. The second-order valence-corrected chi connectivity index (χ2v) is 3.65. The molecule has 0 saturated carbocycles. The molecule has 1 heterocycles. The van der Waals surface area contributed by atoms with E-state index in [1.807, 2.05) is 20.2 Å². The van der Waals surface area contributed by atoms with Crippen molar-refractivity contribution in [1.29, 1.82) is 0 Å². The van der Waals surface area contributed by atoms with Crippen LogP contribution in [0.4, 0.5) is 5.69 Å². The van der Waals surface area contributed by atoms with Gasteiger partial charge in [0.05, 0.1) is 23.9 Å². The molecule has 1 unspecified atom stereocenters. The Kier molecular flexibility index (Phi) is 4.30. The first-order valence-corrected chi connectivity index (χ1v) is 5.19. The van der Waals surface area contributed by atoms with E-state index in [0.29, 0.717) is 0 Å². The zero-order chi connectivity index (χ0) is 12.1. The minimum atomic E-state index is -1.00. The number of anilines is 1. The molecular weight excluding hydrogens is 210 g/mol.